The standard InChI is InChI=1S/C14H13BrClNO/c1-9-4-11(2-3-13(9)16)14(18)6-10-5-12(15)8-17-7-10/h2-5,7-8,14,18H,6H2,1H3. The van der Waals surface area contributed by atoms with E-state index in [0.717, 1.165) is 26.2 Å². The van der Waals surface area contributed by atoms with Crippen LogP contribution in [0.3, 0.4) is 0 Å². The van der Waals surface area contributed by atoms with E-state index in [1.807, 2.05) is 31.2 Å². The maximum atomic E-state index is 10.2. The van der Waals surface area contributed by atoms with Crippen molar-refractivity contribution in [3.05, 3.63) is 62.8 Å². The van der Waals surface area contributed by atoms with E-state index in [4.69, 9.17) is 11.6 Å². The fraction of sp³-hybridized carbons (Fsp3) is 0.214. The van der Waals surface area contributed by atoms with Crippen LogP contribution in [-0.2, 0) is 6.42 Å². The normalized spacial score (nSPS) is 12.4. The summed E-state index contributed by atoms with van der Waals surface area (Å²) in [6.07, 6.45) is 3.48. The molecule has 2 nitrogen and oxygen atoms in total. The Morgan fingerprint density at radius 2 is 2.11 bits per heavy atom. The molecule has 0 aliphatic heterocycles. The molecule has 0 fully saturated rings. The molecule has 2 rings (SSSR count). The maximum Gasteiger partial charge on any atom is 0.0831 e. The summed E-state index contributed by atoms with van der Waals surface area (Å²) in [4.78, 5) is 4.08. The molecule has 0 bridgehead atoms. The zero-order valence-corrected chi connectivity index (χ0v) is 12.2. The topological polar surface area (TPSA) is 33.1 Å². The summed E-state index contributed by atoms with van der Waals surface area (Å²) in [5.74, 6) is 0. The molecule has 1 aromatic heterocycles. The number of rotatable bonds is 3. The van der Waals surface area contributed by atoms with Crippen LogP contribution in [0, 0.1) is 6.92 Å². The summed E-state index contributed by atoms with van der Waals surface area (Å²) >= 11 is 9.34. The van der Waals surface area contributed by atoms with Crippen molar-refractivity contribution < 1.29 is 5.11 Å². The average molecular weight is 327 g/mol. The molecule has 1 N–H and O–H groups in total. The van der Waals surface area contributed by atoms with Crippen molar-refractivity contribution in [3.63, 3.8) is 0 Å². The number of hydrogen-bond donors (Lipinski definition) is 1. The molecule has 1 heterocycles. The summed E-state index contributed by atoms with van der Waals surface area (Å²) in [6, 6.07) is 7.54. The Hall–Kier alpha value is -0.900. The molecule has 1 aromatic carbocycles. The van der Waals surface area contributed by atoms with Gasteiger partial charge in [-0.15, -0.1) is 0 Å². The van der Waals surface area contributed by atoms with Gasteiger partial charge in [-0.2, -0.15) is 0 Å². The summed E-state index contributed by atoms with van der Waals surface area (Å²) in [5, 5.41) is 10.9. The molecule has 0 amide bonds. The van der Waals surface area contributed by atoms with E-state index in [2.05, 4.69) is 20.9 Å². The highest BCUT2D eigenvalue weighted by molar-refractivity contribution is 9.10. The lowest BCUT2D eigenvalue weighted by Crippen LogP contribution is -2.02. The molecule has 4 heteroatoms. The fourth-order valence-electron chi connectivity index (χ4n) is 1.78. The minimum absolute atomic E-state index is 0.535. The number of aliphatic hydroxyl groups is 1. The van der Waals surface area contributed by atoms with Gasteiger partial charge in [0, 0.05) is 28.3 Å². The number of halogens is 2. The maximum absolute atomic E-state index is 10.2. The van der Waals surface area contributed by atoms with Crippen LogP contribution < -0.4 is 0 Å². The predicted molar refractivity (Wildman–Crippen MR) is 76.8 cm³/mol. The molecule has 2 aromatic rings. The quantitative estimate of drug-likeness (QED) is 0.922. The largest absolute Gasteiger partial charge is 0.388 e. The molecule has 1 atom stereocenters. The van der Waals surface area contributed by atoms with Gasteiger partial charge in [0.05, 0.1) is 6.10 Å². The van der Waals surface area contributed by atoms with Crippen LogP contribution in [0.4, 0.5) is 0 Å². The Bertz CT molecular complexity index is 559. The van der Waals surface area contributed by atoms with E-state index in [0.29, 0.717) is 6.42 Å². The zero-order valence-electron chi connectivity index (χ0n) is 9.90. The number of pyridine rings is 1. The predicted octanol–water partition coefficient (Wildman–Crippen LogP) is 4.08. The van der Waals surface area contributed by atoms with Crippen molar-refractivity contribution in [2.45, 2.75) is 19.4 Å². The third kappa shape index (κ3) is 3.31. The molecular formula is C14H13BrClNO. The lowest BCUT2D eigenvalue weighted by molar-refractivity contribution is 0.178. The number of aromatic nitrogens is 1. The first-order valence-corrected chi connectivity index (χ1v) is 6.77. The van der Waals surface area contributed by atoms with E-state index in [-0.39, 0.29) is 0 Å². The first-order chi connectivity index (χ1) is 8.56. The molecule has 94 valence electrons. The minimum Gasteiger partial charge on any atom is -0.388 e. The second-order valence-corrected chi connectivity index (χ2v) is 5.56. The molecule has 18 heavy (non-hydrogen) atoms. The molecule has 0 saturated heterocycles. The van der Waals surface area contributed by atoms with Crippen molar-refractivity contribution in [2.24, 2.45) is 0 Å². The lowest BCUT2D eigenvalue weighted by Gasteiger charge is -2.12. The second-order valence-electron chi connectivity index (χ2n) is 4.24. The van der Waals surface area contributed by atoms with Gasteiger partial charge in [-0.25, -0.2) is 0 Å². The minimum atomic E-state index is -0.544. The highest BCUT2D eigenvalue weighted by Crippen LogP contribution is 2.23. The highest BCUT2D eigenvalue weighted by atomic mass is 79.9. The van der Waals surface area contributed by atoms with Gasteiger partial charge in [-0.3, -0.25) is 4.98 Å². The van der Waals surface area contributed by atoms with Crippen LogP contribution in [0.15, 0.2) is 41.1 Å². The summed E-state index contributed by atoms with van der Waals surface area (Å²) in [6.45, 7) is 1.93. The number of aryl methyl sites for hydroxylation is 1. The first kappa shape index (κ1) is 13.5. The molecular weight excluding hydrogens is 314 g/mol. The van der Waals surface area contributed by atoms with Gasteiger partial charge in [-0.1, -0.05) is 23.7 Å². The number of hydrogen-bond acceptors (Lipinski definition) is 2. The summed E-state index contributed by atoms with van der Waals surface area (Å²) in [5.41, 5.74) is 2.84. The lowest BCUT2D eigenvalue weighted by atomic mass is 10.0. The van der Waals surface area contributed by atoms with Crippen LogP contribution >= 0.6 is 27.5 Å². The summed E-state index contributed by atoms with van der Waals surface area (Å²) in [7, 11) is 0. The zero-order chi connectivity index (χ0) is 13.1. The van der Waals surface area contributed by atoms with E-state index in [1.54, 1.807) is 12.4 Å². The fourth-order valence-corrected chi connectivity index (χ4v) is 2.31. The number of aliphatic hydroxyl groups excluding tert-OH is 1. The van der Waals surface area contributed by atoms with Gasteiger partial charge in [0.25, 0.3) is 0 Å². The molecule has 0 aliphatic carbocycles. The van der Waals surface area contributed by atoms with Gasteiger partial charge in [0.1, 0.15) is 0 Å². The number of benzene rings is 1. The monoisotopic (exact) mass is 325 g/mol. The SMILES string of the molecule is Cc1cc(C(O)Cc2cncc(Br)c2)ccc1Cl. The Kier molecular flexibility index (Phi) is 4.38. The van der Waals surface area contributed by atoms with E-state index in [1.165, 1.54) is 0 Å². The van der Waals surface area contributed by atoms with Crippen molar-refractivity contribution in [1.82, 2.24) is 4.98 Å². The average Bonchev–Trinajstić information content (AvgIpc) is 2.32. The van der Waals surface area contributed by atoms with Crippen molar-refractivity contribution >= 4 is 27.5 Å². The van der Waals surface area contributed by atoms with Gasteiger partial charge >= 0.3 is 0 Å². The smallest absolute Gasteiger partial charge is 0.0831 e. The van der Waals surface area contributed by atoms with Crippen LogP contribution in [0.2, 0.25) is 5.02 Å². The summed E-state index contributed by atoms with van der Waals surface area (Å²) < 4.78 is 0.916. The van der Waals surface area contributed by atoms with E-state index < -0.39 is 6.10 Å². The molecule has 0 aliphatic rings. The van der Waals surface area contributed by atoms with Crippen molar-refractivity contribution in [1.29, 1.82) is 0 Å². The third-order valence-corrected chi connectivity index (χ3v) is 3.62. The van der Waals surface area contributed by atoms with Crippen LogP contribution in [0.25, 0.3) is 0 Å². The van der Waals surface area contributed by atoms with E-state index in [9.17, 15) is 5.11 Å². The Balaban J connectivity index is 2.16. The third-order valence-electron chi connectivity index (χ3n) is 2.76. The van der Waals surface area contributed by atoms with Gasteiger partial charge in [-0.05, 0) is 51.7 Å². The Labute approximate surface area is 120 Å². The first-order valence-electron chi connectivity index (χ1n) is 5.60. The molecule has 0 saturated carbocycles. The van der Waals surface area contributed by atoms with Crippen LogP contribution in [-0.4, -0.2) is 10.1 Å². The van der Waals surface area contributed by atoms with Gasteiger partial charge < -0.3 is 5.11 Å². The molecule has 0 spiro atoms. The Morgan fingerprint density at radius 1 is 1.33 bits per heavy atom. The van der Waals surface area contributed by atoms with Gasteiger partial charge in [0.2, 0.25) is 0 Å². The van der Waals surface area contributed by atoms with Crippen molar-refractivity contribution in [3.8, 4) is 0 Å². The Morgan fingerprint density at radius 3 is 2.78 bits per heavy atom. The second kappa shape index (κ2) is 5.83. The van der Waals surface area contributed by atoms with E-state index >= 15 is 0 Å². The van der Waals surface area contributed by atoms with Crippen molar-refractivity contribution in [2.75, 3.05) is 0 Å². The van der Waals surface area contributed by atoms with Gasteiger partial charge in [0.15, 0.2) is 0 Å². The van der Waals surface area contributed by atoms with Crippen LogP contribution in [0.5, 0.6) is 0 Å². The highest BCUT2D eigenvalue weighted by Gasteiger charge is 2.10. The van der Waals surface area contributed by atoms with Crippen LogP contribution in [0.1, 0.15) is 22.8 Å². The number of nitrogens with zero attached hydrogens (tertiary/aromatic N) is 1. The molecule has 0 radical (unpaired) electrons. The molecule has 1 unspecified atom stereocenters.